The maximum absolute atomic E-state index is 12.5. The van der Waals surface area contributed by atoms with Crippen molar-refractivity contribution in [1.82, 2.24) is 4.98 Å². The summed E-state index contributed by atoms with van der Waals surface area (Å²) in [4.78, 5) is 5.18. The monoisotopic (exact) mass is 297 g/mol. The lowest BCUT2D eigenvalue weighted by atomic mass is 10.2. The first-order chi connectivity index (χ1) is 8.47. The third kappa shape index (κ3) is 3.52. The van der Waals surface area contributed by atoms with Gasteiger partial charge in [-0.3, -0.25) is 4.98 Å². The molecule has 100 valence electrons. The number of aromatic nitrogens is 1. The molecule has 0 saturated carbocycles. The Balaban J connectivity index is 2.09. The van der Waals surface area contributed by atoms with Crippen molar-refractivity contribution in [2.24, 2.45) is 0 Å². The van der Waals surface area contributed by atoms with Crippen LogP contribution in [0.1, 0.15) is 11.3 Å². The van der Waals surface area contributed by atoms with Gasteiger partial charge in [-0.15, -0.1) is 0 Å². The van der Waals surface area contributed by atoms with Crippen molar-refractivity contribution in [1.29, 1.82) is 0 Å². The highest BCUT2D eigenvalue weighted by Gasteiger charge is 2.31. The molecule has 0 atom stereocenters. The van der Waals surface area contributed by atoms with Crippen LogP contribution in [0.15, 0.2) is 12.3 Å². The summed E-state index contributed by atoms with van der Waals surface area (Å²) in [6, 6.07) is 0.960. The normalized spacial score (nSPS) is 18.0. The lowest BCUT2D eigenvalue weighted by Gasteiger charge is -2.23. The molecule has 1 fully saturated rings. The van der Waals surface area contributed by atoms with Crippen LogP contribution in [-0.4, -0.2) is 29.6 Å². The molecule has 0 aromatic carbocycles. The number of halogens is 4. The summed E-state index contributed by atoms with van der Waals surface area (Å²) in [6.45, 7) is 2.60. The van der Waals surface area contributed by atoms with Crippen LogP contribution in [0.25, 0.3) is 0 Å². The average molecular weight is 298 g/mol. The smallest absolute Gasteiger partial charge is 0.328 e. The zero-order chi connectivity index (χ0) is 13.2. The number of thioether (sulfide) groups is 1. The van der Waals surface area contributed by atoms with Gasteiger partial charge in [0.15, 0.2) is 0 Å². The first kappa shape index (κ1) is 14.0. The summed E-state index contributed by atoms with van der Waals surface area (Å²) in [5, 5.41) is 0.107. The Bertz CT molecular complexity index is 419. The number of hydrogen-bond acceptors (Lipinski definition) is 2. The molecule has 2 rings (SSSR count). The average Bonchev–Trinajstić information content (AvgIpc) is 2.32. The van der Waals surface area contributed by atoms with Crippen LogP contribution in [0.3, 0.4) is 0 Å². The van der Waals surface area contributed by atoms with Gasteiger partial charge in [0.25, 0.3) is 0 Å². The molecule has 2 heterocycles. The molecule has 1 aliphatic heterocycles. The van der Waals surface area contributed by atoms with Gasteiger partial charge < -0.3 is 4.90 Å². The van der Waals surface area contributed by atoms with E-state index in [0.29, 0.717) is 12.2 Å². The molecule has 0 unspecified atom stereocenters. The molecular weight excluding hydrogens is 285 g/mol. The van der Waals surface area contributed by atoms with E-state index in [0.717, 1.165) is 36.9 Å². The highest BCUT2D eigenvalue weighted by Crippen LogP contribution is 2.30. The predicted octanol–water partition coefficient (Wildman–Crippen LogP) is 1.89. The Labute approximate surface area is 113 Å². The van der Waals surface area contributed by atoms with E-state index in [1.54, 1.807) is 0 Å². The standard InChI is InChI=1S/C11H12ClF3N2S/c12-9-5-8(11(13,14)15)6-16-10(9)7-17-1-3-18-4-2-17/h5-6H,1-4,7H2/p+1. The van der Waals surface area contributed by atoms with E-state index in [-0.39, 0.29) is 5.02 Å². The molecule has 1 aliphatic rings. The molecule has 0 spiro atoms. The molecule has 1 N–H and O–H groups in total. The van der Waals surface area contributed by atoms with Crippen molar-refractivity contribution in [2.45, 2.75) is 12.7 Å². The summed E-state index contributed by atoms with van der Waals surface area (Å²) in [7, 11) is 0. The predicted molar refractivity (Wildman–Crippen MR) is 66.0 cm³/mol. The molecule has 0 amide bonds. The summed E-state index contributed by atoms with van der Waals surface area (Å²) in [5.74, 6) is 2.15. The summed E-state index contributed by atoms with van der Waals surface area (Å²) < 4.78 is 37.4. The number of nitrogens with one attached hydrogen (secondary N) is 1. The SMILES string of the molecule is FC(F)(F)c1cnc(C[NH+]2CCSCC2)c(Cl)c1. The Morgan fingerprint density at radius 3 is 2.56 bits per heavy atom. The van der Waals surface area contributed by atoms with Crippen molar-refractivity contribution < 1.29 is 18.1 Å². The number of quaternary nitrogens is 1. The van der Waals surface area contributed by atoms with E-state index in [9.17, 15) is 13.2 Å². The maximum Gasteiger partial charge on any atom is 0.417 e. The van der Waals surface area contributed by atoms with Crippen molar-refractivity contribution in [3.63, 3.8) is 0 Å². The Morgan fingerprint density at radius 1 is 1.33 bits per heavy atom. The maximum atomic E-state index is 12.5. The minimum Gasteiger partial charge on any atom is -0.328 e. The fraction of sp³-hybridized carbons (Fsp3) is 0.545. The fourth-order valence-electron chi connectivity index (χ4n) is 1.82. The second-order valence-corrected chi connectivity index (χ2v) is 5.82. The molecule has 2 nitrogen and oxygen atoms in total. The molecule has 7 heteroatoms. The quantitative estimate of drug-likeness (QED) is 0.898. The van der Waals surface area contributed by atoms with Crippen molar-refractivity contribution in [3.8, 4) is 0 Å². The number of alkyl halides is 3. The van der Waals surface area contributed by atoms with E-state index in [1.807, 2.05) is 11.8 Å². The molecule has 1 aromatic rings. The Kier molecular flexibility index (Phi) is 4.40. The third-order valence-electron chi connectivity index (χ3n) is 2.86. The van der Waals surface area contributed by atoms with Gasteiger partial charge >= 0.3 is 6.18 Å². The largest absolute Gasteiger partial charge is 0.417 e. The van der Waals surface area contributed by atoms with E-state index in [4.69, 9.17) is 11.6 Å². The second-order valence-electron chi connectivity index (χ2n) is 4.19. The zero-order valence-corrected chi connectivity index (χ0v) is 11.1. The summed E-state index contributed by atoms with van der Waals surface area (Å²) in [6.07, 6.45) is -3.52. The van der Waals surface area contributed by atoms with Crippen molar-refractivity contribution in [3.05, 3.63) is 28.5 Å². The topological polar surface area (TPSA) is 17.3 Å². The minimum absolute atomic E-state index is 0.107. The van der Waals surface area contributed by atoms with E-state index < -0.39 is 11.7 Å². The Morgan fingerprint density at radius 2 is 2.00 bits per heavy atom. The first-order valence-corrected chi connectivity index (χ1v) is 7.13. The molecule has 1 aromatic heterocycles. The number of pyridine rings is 1. The summed E-state index contributed by atoms with van der Waals surface area (Å²) in [5.41, 5.74) is -0.244. The lowest BCUT2D eigenvalue weighted by Crippen LogP contribution is -3.12. The van der Waals surface area contributed by atoms with Crippen LogP contribution in [0, 0.1) is 0 Å². The van der Waals surface area contributed by atoms with Crippen LogP contribution in [0.4, 0.5) is 13.2 Å². The van der Waals surface area contributed by atoms with Crippen LogP contribution >= 0.6 is 23.4 Å². The van der Waals surface area contributed by atoms with Crippen LogP contribution < -0.4 is 4.90 Å². The van der Waals surface area contributed by atoms with Gasteiger partial charge in [-0.05, 0) is 6.07 Å². The number of nitrogens with zero attached hydrogens (tertiary/aromatic N) is 1. The van der Waals surface area contributed by atoms with Crippen LogP contribution in [0.5, 0.6) is 0 Å². The number of rotatable bonds is 2. The molecule has 0 aliphatic carbocycles. The molecule has 0 bridgehead atoms. The highest BCUT2D eigenvalue weighted by molar-refractivity contribution is 7.99. The first-order valence-electron chi connectivity index (χ1n) is 5.60. The minimum atomic E-state index is -4.39. The lowest BCUT2D eigenvalue weighted by molar-refractivity contribution is -0.910. The zero-order valence-electron chi connectivity index (χ0n) is 9.56. The van der Waals surface area contributed by atoms with Gasteiger partial charge in [-0.2, -0.15) is 24.9 Å². The van der Waals surface area contributed by atoms with Crippen LogP contribution in [0.2, 0.25) is 5.02 Å². The van der Waals surface area contributed by atoms with Gasteiger partial charge in [0.2, 0.25) is 0 Å². The van der Waals surface area contributed by atoms with Crippen molar-refractivity contribution in [2.75, 3.05) is 24.6 Å². The third-order valence-corrected chi connectivity index (χ3v) is 4.17. The van der Waals surface area contributed by atoms with Gasteiger partial charge in [-0.25, -0.2) is 0 Å². The van der Waals surface area contributed by atoms with Gasteiger partial charge in [0.1, 0.15) is 12.2 Å². The second kappa shape index (κ2) is 5.67. The molecular formula is C11H13ClF3N2S+. The number of hydrogen-bond donors (Lipinski definition) is 1. The molecule has 0 radical (unpaired) electrons. The fourth-order valence-corrected chi connectivity index (χ4v) is 3.13. The molecule has 1 saturated heterocycles. The van der Waals surface area contributed by atoms with E-state index >= 15 is 0 Å². The Hall–Kier alpha value is -0.460. The molecule has 18 heavy (non-hydrogen) atoms. The van der Waals surface area contributed by atoms with E-state index in [1.165, 1.54) is 4.90 Å². The van der Waals surface area contributed by atoms with Gasteiger partial charge in [-0.1, -0.05) is 11.6 Å². The summed E-state index contributed by atoms with van der Waals surface area (Å²) >= 11 is 7.77. The van der Waals surface area contributed by atoms with Crippen LogP contribution in [-0.2, 0) is 12.7 Å². The van der Waals surface area contributed by atoms with Gasteiger partial charge in [0.05, 0.1) is 23.7 Å². The van der Waals surface area contributed by atoms with E-state index in [2.05, 4.69) is 4.98 Å². The van der Waals surface area contributed by atoms with Crippen molar-refractivity contribution >= 4 is 23.4 Å². The highest BCUT2D eigenvalue weighted by atomic mass is 35.5. The van der Waals surface area contributed by atoms with Gasteiger partial charge in [0, 0.05) is 17.7 Å².